The van der Waals surface area contributed by atoms with Crippen LogP contribution in [0.15, 0.2) is 42.0 Å². The molecule has 6 heteroatoms. The summed E-state index contributed by atoms with van der Waals surface area (Å²) in [5.41, 5.74) is 2.50. The zero-order chi connectivity index (χ0) is 20.1. The molecule has 0 atom stereocenters. The van der Waals surface area contributed by atoms with Crippen LogP contribution in [0.5, 0.6) is 0 Å². The Morgan fingerprint density at radius 2 is 1.97 bits per heavy atom. The molecule has 1 N–H and O–H groups in total. The molecule has 0 amide bonds. The lowest BCUT2D eigenvalue weighted by molar-refractivity contribution is 0.246. The minimum atomic E-state index is 0.777. The Morgan fingerprint density at radius 1 is 1.17 bits per heavy atom. The number of hydrogen-bond acceptors (Lipinski definition) is 6. The molecule has 1 aliphatic heterocycles. The van der Waals surface area contributed by atoms with Gasteiger partial charge in [0.05, 0.1) is 5.39 Å². The van der Waals surface area contributed by atoms with E-state index in [9.17, 15) is 0 Å². The number of hydrogen-bond donors (Lipinski definition) is 1. The molecule has 0 spiro atoms. The van der Waals surface area contributed by atoms with Crippen LogP contribution in [0.2, 0.25) is 0 Å². The zero-order valence-corrected chi connectivity index (χ0v) is 18.3. The standard InChI is InChI=1S/C23H31N5S/c1-24-11-6-12-27(2)15-18-9-13-28(14-10-18)22-21-20(19-7-4-3-5-8-19)16-29-23(21)26-17-25-22/h3-5,7-8,16-18,24H,6,9-15H2,1-2H3. The van der Waals surface area contributed by atoms with Gasteiger partial charge in [-0.05, 0) is 57.9 Å². The fourth-order valence-electron chi connectivity index (χ4n) is 4.31. The fourth-order valence-corrected chi connectivity index (χ4v) is 5.22. The molecule has 3 aromatic rings. The number of anilines is 1. The highest BCUT2D eigenvalue weighted by Crippen LogP contribution is 2.38. The molecule has 0 unspecified atom stereocenters. The normalized spacial score (nSPS) is 15.5. The molecule has 3 heterocycles. The molecule has 29 heavy (non-hydrogen) atoms. The Bertz CT molecular complexity index is 902. The van der Waals surface area contributed by atoms with E-state index >= 15 is 0 Å². The van der Waals surface area contributed by atoms with E-state index in [2.05, 4.69) is 62.9 Å². The Labute approximate surface area is 177 Å². The smallest absolute Gasteiger partial charge is 0.141 e. The maximum atomic E-state index is 4.73. The van der Waals surface area contributed by atoms with Gasteiger partial charge in [0.2, 0.25) is 0 Å². The average Bonchev–Trinajstić information content (AvgIpc) is 3.19. The van der Waals surface area contributed by atoms with E-state index in [4.69, 9.17) is 4.98 Å². The van der Waals surface area contributed by atoms with Crippen LogP contribution in [0.4, 0.5) is 5.82 Å². The first-order valence-electron chi connectivity index (χ1n) is 10.6. The van der Waals surface area contributed by atoms with E-state index in [1.165, 1.54) is 48.9 Å². The summed E-state index contributed by atoms with van der Waals surface area (Å²) in [7, 11) is 4.28. The molecular formula is C23H31N5S. The highest BCUT2D eigenvalue weighted by Gasteiger charge is 2.24. The van der Waals surface area contributed by atoms with Crippen molar-refractivity contribution in [2.45, 2.75) is 19.3 Å². The SMILES string of the molecule is CNCCCN(C)CC1CCN(c2ncnc3scc(-c4ccccc4)c23)CC1. The highest BCUT2D eigenvalue weighted by molar-refractivity contribution is 7.17. The zero-order valence-electron chi connectivity index (χ0n) is 17.5. The average molecular weight is 410 g/mol. The first-order chi connectivity index (χ1) is 14.3. The topological polar surface area (TPSA) is 44.3 Å². The van der Waals surface area contributed by atoms with Crippen molar-refractivity contribution in [1.29, 1.82) is 0 Å². The molecule has 0 bridgehead atoms. The third kappa shape index (κ3) is 4.77. The third-order valence-electron chi connectivity index (χ3n) is 5.89. The summed E-state index contributed by atoms with van der Waals surface area (Å²) in [4.78, 5) is 15.3. The van der Waals surface area contributed by atoms with Gasteiger partial charge in [0, 0.05) is 30.6 Å². The summed E-state index contributed by atoms with van der Waals surface area (Å²) >= 11 is 1.72. The van der Waals surface area contributed by atoms with Gasteiger partial charge in [-0.2, -0.15) is 0 Å². The van der Waals surface area contributed by atoms with Crippen molar-refractivity contribution in [3.8, 4) is 11.1 Å². The summed E-state index contributed by atoms with van der Waals surface area (Å²) in [6, 6.07) is 10.6. The monoisotopic (exact) mass is 409 g/mol. The second kappa shape index (κ2) is 9.65. The maximum absolute atomic E-state index is 4.73. The van der Waals surface area contributed by atoms with Crippen LogP contribution in [0.3, 0.4) is 0 Å². The first-order valence-corrected chi connectivity index (χ1v) is 11.5. The van der Waals surface area contributed by atoms with Crippen molar-refractivity contribution in [2.75, 3.05) is 51.7 Å². The fraction of sp³-hybridized carbons (Fsp3) is 0.478. The molecule has 5 nitrogen and oxygen atoms in total. The Balaban J connectivity index is 1.46. The molecule has 154 valence electrons. The van der Waals surface area contributed by atoms with Crippen LogP contribution in [-0.4, -0.2) is 61.7 Å². The van der Waals surface area contributed by atoms with Gasteiger partial charge in [-0.1, -0.05) is 30.3 Å². The summed E-state index contributed by atoms with van der Waals surface area (Å²) < 4.78 is 0. The molecule has 4 rings (SSSR count). The Hall–Kier alpha value is -2.02. The largest absolute Gasteiger partial charge is 0.356 e. The van der Waals surface area contributed by atoms with E-state index in [-0.39, 0.29) is 0 Å². The van der Waals surface area contributed by atoms with Crippen molar-refractivity contribution in [2.24, 2.45) is 5.92 Å². The number of thiophene rings is 1. The molecule has 1 aromatic carbocycles. The molecule has 1 fully saturated rings. The van der Waals surface area contributed by atoms with Gasteiger partial charge < -0.3 is 15.1 Å². The van der Waals surface area contributed by atoms with E-state index in [0.717, 1.165) is 36.2 Å². The quantitative estimate of drug-likeness (QED) is 0.567. The van der Waals surface area contributed by atoms with Gasteiger partial charge in [0.15, 0.2) is 0 Å². The minimum Gasteiger partial charge on any atom is -0.356 e. The van der Waals surface area contributed by atoms with Gasteiger partial charge in [0.1, 0.15) is 17.0 Å². The molecular weight excluding hydrogens is 378 g/mol. The van der Waals surface area contributed by atoms with E-state index in [1.807, 2.05) is 7.05 Å². The first kappa shape index (κ1) is 20.3. The minimum absolute atomic E-state index is 0.777. The lowest BCUT2D eigenvalue weighted by Gasteiger charge is -2.35. The van der Waals surface area contributed by atoms with Crippen molar-refractivity contribution in [3.63, 3.8) is 0 Å². The van der Waals surface area contributed by atoms with Crippen LogP contribution in [0.1, 0.15) is 19.3 Å². The summed E-state index contributed by atoms with van der Waals surface area (Å²) in [6.45, 7) is 5.61. The van der Waals surface area contributed by atoms with Crippen LogP contribution in [0, 0.1) is 5.92 Å². The van der Waals surface area contributed by atoms with Gasteiger partial charge in [-0.3, -0.25) is 0 Å². The Morgan fingerprint density at radius 3 is 2.72 bits per heavy atom. The summed E-state index contributed by atoms with van der Waals surface area (Å²) in [6.07, 6.45) is 5.40. The van der Waals surface area contributed by atoms with E-state index in [1.54, 1.807) is 17.7 Å². The van der Waals surface area contributed by atoms with Gasteiger partial charge in [-0.15, -0.1) is 11.3 Å². The second-order valence-corrected chi connectivity index (χ2v) is 8.90. The molecule has 0 radical (unpaired) electrons. The lowest BCUT2D eigenvalue weighted by atomic mass is 9.95. The number of benzene rings is 1. The summed E-state index contributed by atoms with van der Waals surface area (Å²) in [5, 5.41) is 6.68. The summed E-state index contributed by atoms with van der Waals surface area (Å²) in [5.74, 6) is 1.88. The number of nitrogens with one attached hydrogen (secondary N) is 1. The van der Waals surface area contributed by atoms with Crippen molar-refractivity contribution in [3.05, 3.63) is 42.0 Å². The van der Waals surface area contributed by atoms with Gasteiger partial charge in [0.25, 0.3) is 0 Å². The number of rotatable bonds is 8. The molecule has 1 aliphatic rings. The van der Waals surface area contributed by atoms with Crippen molar-refractivity contribution < 1.29 is 0 Å². The van der Waals surface area contributed by atoms with Crippen LogP contribution in [0.25, 0.3) is 21.3 Å². The lowest BCUT2D eigenvalue weighted by Crippen LogP contribution is -2.38. The van der Waals surface area contributed by atoms with Gasteiger partial charge >= 0.3 is 0 Å². The van der Waals surface area contributed by atoms with Crippen LogP contribution in [-0.2, 0) is 0 Å². The predicted molar refractivity (Wildman–Crippen MR) is 124 cm³/mol. The van der Waals surface area contributed by atoms with Crippen LogP contribution < -0.4 is 10.2 Å². The van der Waals surface area contributed by atoms with Crippen LogP contribution >= 0.6 is 11.3 Å². The van der Waals surface area contributed by atoms with Crippen molar-refractivity contribution in [1.82, 2.24) is 20.2 Å². The number of nitrogens with zero attached hydrogens (tertiary/aromatic N) is 4. The van der Waals surface area contributed by atoms with Gasteiger partial charge in [-0.25, -0.2) is 9.97 Å². The number of fused-ring (bicyclic) bond motifs is 1. The van der Waals surface area contributed by atoms with Crippen molar-refractivity contribution >= 4 is 27.4 Å². The number of aromatic nitrogens is 2. The molecule has 1 saturated heterocycles. The highest BCUT2D eigenvalue weighted by atomic mass is 32.1. The van der Waals surface area contributed by atoms with E-state index in [0.29, 0.717) is 0 Å². The molecule has 2 aromatic heterocycles. The third-order valence-corrected chi connectivity index (χ3v) is 6.77. The maximum Gasteiger partial charge on any atom is 0.141 e. The van der Waals surface area contributed by atoms with E-state index < -0.39 is 0 Å². The second-order valence-electron chi connectivity index (χ2n) is 8.04. The molecule has 0 saturated carbocycles. The molecule has 0 aliphatic carbocycles. The predicted octanol–water partition coefficient (Wildman–Crippen LogP) is 4.12. The Kier molecular flexibility index (Phi) is 6.74. The number of piperidine rings is 1.